The Morgan fingerprint density at radius 1 is 1.26 bits per heavy atom. The van der Waals surface area contributed by atoms with Crippen LogP contribution in [0.5, 0.6) is 0 Å². The zero-order chi connectivity index (χ0) is 18.4. The number of nitrogens with one attached hydrogen (secondary N) is 3. The van der Waals surface area contributed by atoms with Crippen molar-refractivity contribution in [3.05, 3.63) is 36.2 Å². The standard InChI is InChI=1S/C20H30N6.HI/c1-14(2)16-7-9-18(10-8-16)25-20(21-3)22-12-15-5-4-6-17(11-15)19-23-13-24-26-19;/h4-6,11,13-14,16,18H,7-10,12H2,1-3H3,(H2,21,22,25)(H,23,24,26);1H. The average Bonchev–Trinajstić information content (AvgIpc) is 3.20. The number of aromatic amines is 1. The molecule has 0 bridgehead atoms. The molecule has 0 unspecified atom stereocenters. The van der Waals surface area contributed by atoms with E-state index in [1.165, 1.54) is 37.6 Å². The Bertz CT molecular complexity index is 705. The van der Waals surface area contributed by atoms with Gasteiger partial charge in [0.25, 0.3) is 0 Å². The van der Waals surface area contributed by atoms with Crippen LogP contribution in [0.15, 0.2) is 35.6 Å². The minimum absolute atomic E-state index is 0. The molecule has 1 heterocycles. The molecule has 0 aliphatic heterocycles. The van der Waals surface area contributed by atoms with Gasteiger partial charge < -0.3 is 10.6 Å². The van der Waals surface area contributed by atoms with Gasteiger partial charge in [-0.05, 0) is 49.1 Å². The van der Waals surface area contributed by atoms with E-state index in [-0.39, 0.29) is 24.0 Å². The molecule has 1 saturated carbocycles. The van der Waals surface area contributed by atoms with Gasteiger partial charge in [0, 0.05) is 25.2 Å². The Hall–Kier alpha value is -1.64. The zero-order valence-electron chi connectivity index (χ0n) is 16.4. The lowest BCUT2D eigenvalue weighted by Crippen LogP contribution is -2.44. The first kappa shape index (κ1) is 21.7. The summed E-state index contributed by atoms with van der Waals surface area (Å²) in [6.07, 6.45) is 6.60. The molecule has 1 aliphatic carbocycles. The summed E-state index contributed by atoms with van der Waals surface area (Å²) in [4.78, 5) is 8.60. The lowest BCUT2D eigenvalue weighted by atomic mass is 9.80. The predicted molar refractivity (Wildman–Crippen MR) is 121 cm³/mol. The maximum Gasteiger partial charge on any atom is 0.191 e. The Kier molecular flexibility index (Phi) is 8.53. The van der Waals surface area contributed by atoms with Gasteiger partial charge in [-0.15, -0.1) is 24.0 Å². The fourth-order valence-corrected chi connectivity index (χ4v) is 3.68. The second kappa shape index (κ2) is 10.6. The third-order valence-electron chi connectivity index (χ3n) is 5.35. The molecular weight excluding hydrogens is 451 g/mol. The fourth-order valence-electron chi connectivity index (χ4n) is 3.68. The highest BCUT2D eigenvalue weighted by Crippen LogP contribution is 2.29. The van der Waals surface area contributed by atoms with Gasteiger partial charge in [0.05, 0.1) is 0 Å². The van der Waals surface area contributed by atoms with Crippen molar-refractivity contribution in [2.45, 2.75) is 52.1 Å². The Morgan fingerprint density at radius 2 is 2.04 bits per heavy atom. The van der Waals surface area contributed by atoms with Crippen molar-refractivity contribution in [2.24, 2.45) is 16.8 Å². The largest absolute Gasteiger partial charge is 0.354 e. The highest BCUT2D eigenvalue weighted by atomic mass is 127. The number of halogens is 1. The first-order valence-corrected chi connectivity index (χ1v) is 9.57. The maximum atomic E-state index is 4.39. The number of guanidine groups is 1. The first-order valence-electron chi connectivity index (χ1n) is 9.57. The summed E-state index contributed by atoms with van der Waals surface area (Å²) in [5.41, 5.74) is 2.22. The van der Waals surface area contributed by atoms with Crippen LogP contribution in [0, 0.1) is 11.8 Å². The molecule has 148 valence electrons. The molecule has 0 radical (unpaired) electrons. The summed E-state index contributed by atoms with van der Waals surface area (Å²) in [6.45, 7) is 5.40. The van der Waals surface area contributed by atoms with Gasteiger partial charge in [-0.1, -0.05) is 32.0 Å². The Labute approximate surface area is 179 Å². The number of rotatable bonds is 5. The van der Waals surface area contributed by atoms with E-state index < -0.39 is 0 Å². The molecule has 0 saturated heterocycles. The first-order chi connectivity index (χ1) is 12.7. The van der Waals surface area contributed by atoms with Crippen molar-refractivity contribution in [2.75, 3.05) is 7.05 Å². The van der Waals surface area contributed by atoms with E-state index in [2.05, 4.69) is 56.8 Å². The topological polar surface area (TPSA) is 78.0 Å². The summed E-state index contributed by atoms with van der Waals surface area (Å²) in [5, 5.41) is 13.8. The van der Waals surface area contributed by atoms with Crippen LogP contribution in [0.4, 0.5) is 0 Å². The monoisotopic (exact) mass is 482 g/mol. The number of nitrogens with zero attached hydrogens (tertiary/aromatic N) is 3. The van der Waals surface area contributed by atoms with Crippen LogP contribution in [-0.4, -0.2) is 34.2 Å². The predicted octanol–water partition coefficient (Wildman–Crippen LogP) is 3.97. The summed E-state index contributed by atoms with van der Waals surface area (Å²) in [5.74, 6) is 3.34. The molecule has 2 aromatic rings. The Balaban J connectivity index is 0.00000261. The van der Waals surface area contributed by atoms with E-state index >= 15 is 0 Å². The number of benzene rings is 1. The molecule has 27 heavy (non-hydrogen) atoms. The van der Waals surface area contributed by atoms with Crippen LogP contribution < -0.4 is 10.6 Å². The number of aromatic nitrogens is 3. The molecule has 3 N–H and O–H groups in total. The SMILES string of the molecule is CN=C(NCc1cccc(-c2ncn[nH]2)c1)NC1CCC(C(C)C)CC1.I. The number of aliphatic imine (C=N–C) groups is 1. The summed E-state index contributed by atoms with van der Waals surface area (Å²) >= 11 is 0. The maximum absolute atomic E-state index is 4.39. The van der Waals surface area contributed by atoms with Gasteiger partial charge in [0.2, 0.25) is 0 Å². The number of hydrogen-bond acceptors (Lipinski definition) is 3. The molecule has 6 nitrogen and oxygen atoms in total. The van der Waals surface area contributed by atoms with E-state index in [1.807, 2.05) is 19.2 Å². The van der Waals surface area contributed by atoms with Crippen molar-refractivity contribution in [3.63, 3.8) is 0 Å². The van der Waals surface area contributed by atoms with Crippen molar-refractivity contribution >= 4 is 29.9 Å². The fraction of sp³-hybridized carbons (Fsp3) is 0.550. The highest BCUT2D eigenvalue weighted by Gasteiger charge is 2.23. The van der Waals surface area contributed by atoms with Crippen LogP contribution in [0.3, 0.4) is 0 Å². The Morgan fingerprint density at radius 3 is 2.67 bits per heavy atom. The molecule has 0 atom stereocenters. The van der Waals surface area contributed by atoms with E-state index in [1.54, 1.807) is 0 Å². The summed E-state index contributed by atoms with van der Waals surface area (Å²) in [7, 11) is 1.83. The van der Waals surface area contributed by atoms with Gasteiger partial charge in [-0.3, -0.25) is 10.1 Å². The molecule has 1 aromatic carbocycles. The molecule has 3 rings (SSSR count). The second-order valence-corrected chi connectivity index (χ2v) is 7.46. The molecule has 0 amide bonds. The highest BCUT2D eigenvalue weighted by molar-refractivity contribution is 14.0. The molecular formula is C20H31IN6. The van der Waals surface area contributed by atoms with E-state index in [4.69, 9.17) is 0 Å². The van der Waals surface area contributed by atoms with Crippen molar-refractivity contribution in [1.29, 1.82) is 0 Å². The van der Waals surface area contributed by atoms with Crippen LogP contribution >= 0.6 is 24.0 Å². The smallest absolute Gasteiger partial charge is 0.191 e. The molecule has 0 spiro atoms. The third-order valence-corrected chi connectivity index (χ3v) is 5.35. The second-order valence-electron chi connectivity index (χ2n) is 7.46. The van der Waals surface area contributed by atoms with Crippen LogP contribution in [0.1, 0.15) is 45.1 Å². The molecule has 1 aromatic heterocycles. The quantitative estimate of drug-likeness (QED) is 0.343. The van der Waals surface area contributed by atoms with E-state index in [0.717, 1.165) is 35.7 Å². The van der Waals surface area contributed by atoms with Gasteiger partial charge in [0.1, 0.15) is 6.33 Å². The molecule has 1 aliphatic rings. The lowest BCUT2D eigenvalue weighted by Gasteiger charge is -2.32. The summed E-state index contributed by atoms with van der Waals surface area (Å²) in [6, 6.07) is 8.82. The van der Waals surface area contributed by atoms with Crippen molar-refractivity contribution < 1.29 is 0 Å². The molecule has 7 heteroatoms. The zero-order valence-corrected chi connectivity index (χ0v) is 18.7. The van der Waals surface area contributed by atoms with Crippen molar-refractivity contribution in [1.82, 2.24) is 25.8 Å². The van der Waals surface area contributed by atoms with Crippen LogP contribution in [0.2, 0.25) is 0 Å². The van der Waals surface area contributed by atoms with Gasteiger partial charge in [-0.2, -0.15) is 5.10 Å². The van der Waals surface area contributed by atoms with E-state index in [9.17, 15) is 0 Å². The number of H-pyrrole nitrogens is 1. The van der Waals surface area contributed by atoms with Gasteiger partial charge >= 0.3 is 0 Å². The normalized spacial score (nSPS) is 20.2. The minimum atomic E-state index is 0. The molecule has 1 fully saturated rings. The van der Waals surface area contributed by atoms with Gasteiger partial charge in [-0.25, -0.2) is 4.98 Å². The van der Waals surface area contributed by atoms with Crippen LogP contribution in [0.25, 0.3) is 11.4 Å². The summed E-state index contributed by atoms with van der Waals surface area (Å²) < 4.78 is 0. The minimum Gasteiger partial charge on any atom is -0.354 e. The number of hydrogen-bond donors (Lipinski definition) is 3. The van der Waals surface area contributed by atoms with Crippen LogP contribution in [-0.2, 0) is 6.54 Å². The van der Waals surface area contributed by atoms with Gasteiger partial charge in [0.15, 0.2) is 11.8 Å². The van der Waals surface area contributed by atoms with E-state index in [0.29, 0.717) is 6.04 Å². The lowest BCUT2D eigenvalue weighted by molar-refractivity contribution is 0.250. The third kappa shape index (κ3) is 6.19. The average molecular weight is 482 g/mol. The van der Waals surface area contributed by atoms with Crippen molar-refractivity contribution in [3.8, 4) is 11.4 Å².